The van der Waals surface area contributed by atoms with Gasteiger partial charge in [-0.25, -0.2) is 14.6 Å². The van der Waals surface area contributed by atoms with Gasteiger partial charge in [-0.05, 0) is 24.3 Å². The molecule has 1 heterocycles. The fourth-order valence-corrected chi connectivity index (χ4v) is 2.79. The lowest BCUT2D eigenvalue weighted by Gasteiger charge is -2.10. The van der Waals surface area contributed by atoms with Crippen LogP contribution in [0.5, 0.6) is 0 Å². The molecule has 7 nitrogen and oxygen atoms in total. The van der Waals surface area contributed by atoms with E-state index in [2.05, 4.69) is 15.0 Å². The Morgan fingerprint density at radius 3 is 2.50 bits per heavy atom. The lowest BCUT2D eigenvalue weighted by Crippen LogP contribution is -2.22. The number of anilines is 1. The Kier molecular flexibility index (Phi) is 5.86. The summed E-state index contributed by atoms with van der Waals surface area (Å²) in [6.45, 7) is -0.539. The van der Waals surface area contributed by atoms with Crippen molar-refractivity contribution in [1.29, 1.82) is 0 Å². The number of fused-ring (bicyclic) bond motifs is 1. The van der Waals surface area contributed by atoms with Gasteiger partial charge in [-0.2, -0.15) is 0 Å². The van der Waals surface area contributed by atoms with Crippen molar-refractivity contribution < 1.29 is 23.9 Å². The molecule has 0 unspecified atom stereocenters. The van der Waals surface area contributed by atoms with Crippen LogP contribution in [0.15, 0.2) is 54.6 Å². The van der Waals surface area contributed by atoms with E-state index in [0.29, 0.717) is 10.9 Å². The van der Waals surface area contributed by atoms with Gasteiger partial charge in [-0.15, -0.1) is 0 Å². The first-order chi connectivity index (χ1) is 13.5. The van der Waals surface area contributed by atoms with Gasteiger partial charge in [0.25, 0.3) is 5.91 Å². The number of methoxy groups -OCH3 is 1. The van der Waals surface area contributed by atoms with Crippen LogP contribution in [0.25, 0.3) is 10.9 Å². The number of hydrogen-bond acceptors (Lipinski definition) is 6. The number of carbonyl (C=O) groups is 3. The topological polar surface area (TPSA) is 94.6 Å². The highest BCUT2D eigenvalue weighted by atomic mass is 35.5. The predicted octanol–water partition coefficient (Wildman–Crippen LogP) is 3.47. The lowest BCUT2D eigenvalue weighted by molar-refractivity contribution is -0.119. The first-order valence-corrected chi connectivity index (χ1v) is 8.57. The second-order valence-electron chi connectivity index (χ2n) is 5.67. The summed E-state index contributed by atoms with van der Waals surface area (Å²) < 4.78 is 9.77. The molecule has 3 aromatic rings. The van der Waals surface area contributed by atoms with Gasteiger partial charge in [-0.1, -0.05) is 41.9 Å². The molecule has 1 aromatic heterocycles. The molecule has 0 saturated heterocycles. The first-order valence-electron chi connectivity index (χ1n) is 8.19. The molecule has 0 radical (unpaired) electrons. The van der Waals surface area contributed by atoms with Gasteiger partial charge in [0.1, 0.15) is 5.15 Å². The van der Waals surface area contributed by atoms with Crippen molar-refractivity contribution in [3.05, 3.63) is 70.9 Å². The number of pyridine rings is 1. The molecule has 1 N–H and O–H groups in total. The van der Waals surface area contributed by atoms with Crippen molar-refractivity contribution in [2.24, 2.45) is 0 Å². The summed E-state index contributed by atoms with van der Waals surface area (Å²) >= 11 is 5.96. The Morgan fingerprint density at radius 1 is 1.00 bits per heavy atom. The van der Waals surface area contributed by atoms with E-state index < -0.39 is 24.5 Å². The number of hydrogen-bond donors (Lipinski definition) is 1. The van der Waals surface area contributed by atoms with Crippen molar-refractivity contribution in [3.8, 4) is 0 Å². The Morgan fingerprint density at radius 2 is 1.71 bits per heavy atom. The van der Waals surface area contributed by atoms with Crippen LogP contribution in [0.1, 0.15) is 20.7 Å². The number of esters is 2. The summed E-state index contributed by atoms with van der Waals surface area (Å²) in [4.78, 5) is 40.5. The molecule has 142 valence electrons. The summed E-state index contributed by atoms with van der Waals surface area (Å²) in [7, 11) is 1.24. The summed E-state index contributed by atoms with van der Waals surface area (Å²) in [5, 5.41) is 3.23. The standard InChI is InChI=1S/C20H15ClN2O5/c1-27-19(25)13-7-3-5-9-16(13)23-18(24)11-28-20(26)14-10-17(21)22-15-8-4-2-6-12(14)15/h2-10H,11H2,1H3,(H,23,24). The number of nitrogens with zero attached hydrogens (tertiary/aromatic N) is 1. The van der Waals surface area contributed by atoms with E-state index >= 15 is 0 Å². The lowest BCUT2D eigenvalue weighted by atomic mass is 10.1. The zero-order chi connectivity index (χ0) is 20.1. The van der Waals surface area contributed by atoms with Gasteiger partial charge >= 0.3 is 11.9 Å². The molecule has 28 heavy (non-hydrogen) atoms. The largest absolute Gasteiger partial charge is 0.465 e. The third kappa shape index (κ3) is 4.27. The Balaban J connectivity index is 1.71. The number of nitrogens with one attached hydrogen (secondary N) is 1. The van der Waals surface area contributed by atoms with Gasteiger partial charge < -0.3 is 14.8 Å². The van der Waals surface area contributed by atoms with E-state index in [0.717, 1.165) is 0 Å². The summed E-state index contributed by atoms with van der Waals surface area (Å²) in [5.74, 6) is -1.91. The quantitative estimate of drug-likeness (QED) is 0.522. The van der Waals surface area contributed by atoms with Gasteiger partial charge in [0.2, 0.25) is 0 Å². The highest BCUT2D eigenvalue weighted by molar-refractivity contribution is 6.30. The minimum Gasteiger partial charge on any atom is -0.465 e. The third-order valence-corrected chi connectivity index (χ3v) is 4.04. The third-order valence-electron chi connectivity index (χ3n) is 3.85. The van der Waals surface area contributed by atoms with Gasteiger partial charge in [-0.3, -0.25) is 4.79 Å². The summed E-state index contributed by atoms with van der Waals surface area (Å²) in [6, 6.07) is 14.7. The maximum atomic E-state index is 12.4. The van der Waals surface area contributed by atoms with Crippen LogP contribution in [0.4, 0.5) is 5.69 Å². The molecule has 0 bridgehead atoms. The number of halogens is 1. The molecule has 0 aliphatic rings. The number of amides is 1. The normalized spacial score (nSPS) is 10.4. The maximum absolute atomic E-state index is 12.4. The molecule has 0 fully saturated rings. The van der Waals surface area contributed by atoms with Gasteiger partial charge in [0.15, 0.2) is 6.61 Å². The van der Waals surface area contributed by atoms with E-state index in [1.165, 1.54) is 19.2 Å². The molecule has 0 aliphatic carbocycles. The van der Waals surface area contributed by atoms with Gasteiger partial charge in [0, 0.05) is 5.39 Å². The van der Waals surface area contributed by atoms with Crippen LogP contribution in [0, 0.1) is 0 Å². The fourth-order valence-electron chi connectivity index (χ4n) is 2.59. The van der Waals surface area contributed by atoms with Crippen LogP contribution in [-0.4, -0.2) is 36.5 Å². The number of para-hydroxylation sites is 2. The SMILES string of the molecule is COC(=O)c1ccccc1NC(=O)COC(=O)c1cc(Cl)nc2ccccc12. The number of benzene rings is 2. The molecule has 0 atom stereocenters. The predicted molar refractivity (Wildman–Crippen MR) is 103 cm³/mol. The van der Waals surface area contributed by atoms with Crippen molar-refractivity contribution in [2.75, 3.05) is 19.0 Å². The summed E-state index contributed by atoms with van der Waals surface area (Å²) in [6.07, 6.45) is 0. The van der Waals surface area contributed by atoms with Crippen molar-refractivity contribution in [2.45, 2.75) is 0 Å². The zero-order valence-electron chi connectivity index (χ0n) is 14.8. The van der Waals surface area contributed by atoms with Crippen molar-refractivity contribution in [1.82, 2.24) is 4.98 Å². The Bertz CT molecular complexity index is 1070. The summed E-state index contributed by atoms with van der Waals surface area (Å²) in [5.41, 5.74) is 1.20. The molecule has 0 aliphatic heterocycles. The molecular formula is C20H15ClN2O5. The molecule has 0 saturated carbocycles. The number of carbonyl (C=O) groups excluding carboxylic acids is 3. The molecule has 1 amide bonds. The van der Waals surface area contributed by atoms with E-state index in [-0.39, 0.29) is 22.0 Å². The molecule has 3 rings (SSSR count). The Hall–Kier alpha value is -3.45. The highest BCUT2D eigenvalue weighted by Gasteiger charge is 2.17. The average Bonchev–Trinajstić information content (AvgIpc) is 2.71. The maximum Gasteiger partial charge on any atom is 0.339 e. The average molecular weight is 399 g/mol. The first kappa shape index (κ1) is 19.3. The fraction of sp³-hybridized carbons (Fsp3) is 0.100. The molecule has 0 spiro atoms. The van der Waals surface area contributed by atoms with Gasteiger partial charge in [0.05, 0.1) is 29.4 Å². The highest BCUT2D eigenvalue weighted by Crippen LogP contribution is 2.21. The number of ether oxygens (including phenoxy) is 2. The van der Waals surface area contributed by atoms with E-state index in [4.69, 9.17) is 16.3 Å². The van der Waals surface area contributed by atoms with E-state index in [1.54, 1.807) is 42.5 Å². The zero-order valence-corrected chi connectivity index (χ0v) is 15.5. The second kappa shape index (κ2) is 8.49. The molecule has 8 heteroatoms. The monoisotopic (exact) mass is 398 g/mol. The molecular weight excluding hydrogens is 384 g/mol. The minimum atomic E-state index is -0.711. The number of rotatable bonds is 5. The van der Waals surface area contributed by atoms with E-state index in [9.17, 15) is 14.4 Å². The van der Waals surface area contributed by atoms with Crippen LogP contribution in [0.3, 0.4) is 0 Å². The minimum absolute atomic E-state index is 0.141. The van der Waals surface area contributed by atoms with Crippen molar-refractivity contribution in [3.63, 3.8) is 0 Å². The molecule has 2 aromatic carbocycles. The second-order valence-corrected chi connectivity index (χ2v) is 6.06. The van der Waals surface area contributed by atoms with Crippen LogP contribution >= 0.6 is 11.6 Å². The van der Waals surface area contributed by atoms with Crippen LogP contribution in [-0.2, 0) is 14.3 Å². The Labute approximate surface area is 165 Å². The van der Waals surface area contributed by atoms with Crippen molar-refractivity contribution >= 4 is 46.0 Å². The smallest absolute Gasteiger partial charge is 0.339 e. The number of aromatic nitrogens is 1. The van der Waals surface area contributed by atoms with Crippen LogP contribution < -0.4 is 5.32 Å². The van der Waals surface area contributed by atoms with Crippen LogP contribution in [0.2, 0.25) is 5.15 Å². The van der Waals surface area contributed by atoms with E-state index in [1.807, 2.05) is 0 Å².